The zero-order valence-corrected chi connectivity index (χ0v) is 11.4. The van der Waals surface area contributed by atoms with Crippen LogP contribution in [0.15, 0.2) is 24.3 Å². The van der Waals surface area contributed by atoms with Crippen molar-refractivity contribution in [2.45, 2.75) is 26.3 Å². The lowest BCUT2D eigenvalue weighted by molar-refractivity contribution is 0.111. The van der Waals surface area contributed by atoms with E-state index in [9.17, 15) is 0 Å². The first kappa shape index (κ1) is 13.5. The third-order valence-corrected chi connectivity index (χ3v) is 4.31. The maximum atomic E-state index is 5.86. The molecule has 0 radical (unpaired) electrons. The molecule has 0 aromatic heterocycles. The van der Waals surface area contributed by atoms with Crippen LogP contribution in [-0.2, 0) is 6.54 Å². The summed E-state index contributed by atoms with van der Waals surface area (Å²) < 4.78 is 0. The fraction of sp³-hybridized carbons (Fsp3) is 0.600. The SMILES string of the molecule is Cc1ccc(CN2CCC(CN)(CN)CC2)cc1. The van der Waals surface area contributed by atoms with E-state index >= 15 is 0 Å². The molecule has 18 heavy (non-hydrogen) atoms. The second-order valence-electron chi connectivity index (χ2n) is 5.67. The van der Waals surface area contributed by atoms with Gasteiger partial charge in [-0.3, -0.25) is 4.90 Å². The van der Waals surface area contributed by atoms with Gasteiger partial charge in [0.2, 0.25) is 0 Å². The van der Waals surface area contributed by atoms with Crippen molar-refractivity contribution in [3.63, 3.8) is 0 Å². The zero-order chi connectivity index (χ0) is 13.0. The smallest absolute Gasteiger partial charge is 0.0233 e. The number of hydrogen-bond donors (Lipinski definition) is 2. The molecule has 0 aliphatic carbocycles. The van der Waals surface area contributed by atoms with Gasteiger partial charge >= 0.3 is 0 Å². The summed E-state index contributed by atoms with van der Waals surface area (Å²) in [4.78, 5) is 2.51. The Morgan fingerprint density at radius 3 is 2.11 bits per heavy atom. The molecular formula is C15H25N3. The maximum absolute atomic E-state index is 5.86. The van der Waals surface area contributed by atoms with Crippen molar-refractivity contribution in [1.29, 1.82) is 0 Å². The topological polar surface area (TPSA) is 55.3 Å². The zero-order valence-electron chi connectivity index (χ0n) is 11.4. The number of piperidine rings is 1. The van der Waals surface area contributed by atoms with Crippen LogP contribution in [0, 0.1) is 12.3 Å². The minimum atomic E-state index is 0.198. The Morgan fingerprint density at radius 1 is 1.06 bits per heavy atom. The summed E-state index contributed by atoms with van der Waals surface area (Å²) in [6, 6.07) is 8.82. The first-order chi connectivity index (χ1) is 8.67. The van der Waals surface area contributed by atoms with Crippen molar-refractivity contribution < 1.29 is 0 Å². The molecule has 1 aromatic carbocycles. The molecule has 4 N–H and O–H groups in total. The summed E-state index contributed by atoms with van der Waals surface area (Å²) in [5.41, 5.74) is 14.6. The van der Waals surface area contributed by atoms with Crippen LogP contribution in [0.3, 0.4) is 0 Å². The second-order valence-corrected chi connectivity index (χ2v) is 5.67. The van der Waals surface area contributed by atoms with Gasteiger partial charge in [0, 0.05) is 6.54 Å². The Labute approximate surface area is 110 Å². The number of rotatable bonds is 4. The molecule has 3 heteroatoms. The largest absolute Gasteiger partial charge is 0.330 e. The van der Waals surface area contributed by atoms with E-state index in [1.54, 1.807) is 0 Å². The van der Waals surface area contributed by atoms with Crippen LogP contribution >= 0.6 is 0 Å². The minimum Gasteiger partial charge on any atom is -0.330 e. The van der Waals surface area contributed by atoms with E-state index in [4.69, 9.17) is 11.5 Å². The van der Waals surface area contributed by atoms with Gasteiger partial charge in [0.25, 0.3) is 0 Å². The van der Waals surface area contributed by atoms with Gasteiger partial charge in [-0.15, -0.1) is 0 Å². The quantitative estimate of drug-likeness (QED) is 0.847. The Bertz CT molecular complexity index is 358. The molecule has 0 saturated carbocycles. The van der Waals surface area contributed by atoms with Crippen LogP contribution in [0.4, 0.5) is 0 Å². The Hall–Kier alpha value is -0.900. The maximum Gasteiger partial charge on any atom is 0.0233 e. The van der Waals surface area contributed by atoms with E-state index in [0.717, 1.165) is 45.6 Å². The molecule has 0 bridgehead atoms. The van der Waals surface area contributed by atoms with Crippen molar-refractivity contribution in [3.05, 3.63) is 35.4 Å². The van der Waals surface area contributed by atoms with Gasteiger partial charge in [0.05, 0.1) is 0 Å². The van der Waals surface area contributed by atoms with Crippen LogP contribution in [0.5, 0.6) is 0 Å². The third kappa shape index (κ3) is 3.10. The summed E-state index contributed by atoms with van der Waals surface area (Å²) >= 11 is 0. The number of nitrogens with zero attached hydrogens (tertiary/aromatic N) is 1. The fourth-order valence-electron chi connectivity index (χ4n) is 2.63. The van der Waals surface area contributed by atoms with E-state index in [2.05, 4.69) is 36.1 Å². The molecule has 1 heterocycles. The van der Waals surface area contributed by atoms with Gasteiger partial charge in [-0.1, -0.05) is 29.8 Å². The Morgan fingerprint density at radius 2 is 1.61 bits per heavy atom. The highest BCUT2D eigenvalue weighted by Crippen LogP contribution is 2.29. The Kier molecular flexibility index (Phi) is 4.38. The lowest BCUT2D eigenvalue weighted by Crippen LogP contribution is -2.47. The summed E-state index contributed by atoms with van der Waals surface area (Å²) in [5.74, 6) is 0. The molecule has 1 fully saturated rings. The van der Waals surface area contributed by atoms with E-state index < -0.39 is 0 Å². The average molecular weight is 247 g/mol. The van der Waals surface area contributed by atoms with E-state index in [1.807, 2.05) is 0 Å². The van der Waals surface area contributed by atoms with Gasteiger partial charge in [0.1, 0.15) is 0 Å². The molecule has 1 aliphatic rings. The summed E-state index contributed by atoms with van der Waals surface area (Å²) in [7, 11) is 0. The minimum absolute atomic E-state index is 0.198. The van der Waals surface area contributed by atoms with Crippen molar-refractivity contribution in [2.24, 2.45) is 16.9 Å². The van der Waals surface area contributed by atoms with Gasteiger partial charge in [0.15, 0.2) is 0 Å². The number of likely N-dealkylation sites (tertiary alicyclic amines) is 1. The van der Waals surface area contributed by atoms with E-state index in [1.165, 1.54) is 11.1 Å². The molecule has 0 unspecified atom stereocenters. The number of benzene rings is 1. The van der Waals surface area contributed by atoms with E-state index in [-0.39, 0.29) is 5.41 Å². The molecule has 1 aromatic rings. The monoisotopic (exact) mass is 247 g/mol. The molecule has 3 nitrogen and oxygen atoms in total. The predicted molar refractivity (Wildman–Crippen MR) is 76.2 cm³/mol. The molecular weight excluding hydrogens is 222 g/mol. The van der Waals surface area contributed by atoms with Crippen LogP contribution in [0.25, 0.3) is 0 Å². The number of hydrogen-bond acceptors (Lipinski definition) is 3. The van der Waals surface area contributed by atoms with Crippen LogP contribution in [0.1, 0.15) is 24.0 Å². The van der Waals surface area contributed by atoms with E-state index in [0.29, 0.717) is 0 Å². The van der Waals surface area contributed by atoms with Gasteiger partial charge in [-0.05, 0) is 56.9 Å². The van der Waals surface area contributed by atoms with Crippen molar-refractivity contribution in [1.82, 2.24) is 4.90 Å². The highest BCUT2D eigenvalue weighted by atomic mass is 15.1. The lowest BCUT2D eigenvalue weighted by atomic mass is 9.78. The summed E-state index contributed by atoms with van der Waals surface area (Å²) in [5, 5.41) is 0. The highest BCUT2D eigenvalue weighted by molar-refractivity contribution is 5.21. The van der Waals surface area contributed by atoms with Gasteiger partial charge in [-0.25, -0.2) is 0 Å². The molecule has 2 rings (SSSR count). The van der Waals surface area contributed by atoms with Crippen molar-refractivity contribution in [3.8, 4) is 0 Å². The standard InChI is InChI=1S/C15H25N3/c1-13-2-4-14(5-3-13)10-18-8-6-15(11-16,12-17)7-9-18/h2-5H,6-12,16-17H2,1H3. The summed E-state index contributed by atoms with van der Waals surface area (Å²) in [6.45, 7) is 6.85. The van der Waals surface area contributed by atoms with Crippen LogP contribution < -0.4 is 11.5 Å². The van der Waals surface area contributed by atoms with Crippen LogP contribution in [-0.4, -0.2) is 31.1 Å². The molecule has 0 amide bonds. The highest BCUT2D eigenvalue weighted by Gasteiger charge is 2.31. The first-order valence-electron chi connectivity index (χ1n) is 6.85. The van der Waals surface area contributed by atoms with Gasteiger partial charge in [-0.2, -0.15) is 0 Å². The fourth-order valence-corrected chi connectivity index (χ4v) is 2.63. The molecule has 1 saturated heterocycles. The average Bonchev–Trinajstić information content (AvgIpc) is 2.43. The summed E-state index contributed by atoms with van der Waals surface area (Å²) in [6.07, 6.45) is 2.26. The second kappa shape index (κ2) is 5.83. The molecule has 100 valence electrons. The number of nitrogens with two attached hydrogens (primary N) is 2. The Balaban J connectivity index is 1.88. The van der Waals surface area contributed by atoms with Gasteiger partial charge < -0.3 is 11.5 Å². The molecule has 0 spiro atoms. The van der Waals surface area contributed by atoms with Crippen LogP contribution in [0.2, 0.25) is 0 Å². The normalized spacial score (nSPS) is 19.9. The lowest BCUT2D eigenvalue weighted by Gasteiger charge is -2.40. The molecule has 0 atom stereocenters. The molecule has 1 aliphatic heterocycles. The first-order valence-corrected chi connectivity index (χ1v) is 6.85. The predicted octanol–water partition coefficient (Wildman–Crippen LogP) is 1.49. The van der Waals surface area contributed by atoms with Crippen molar-refractivity contribution >= 4 is 0 Å². The third-order valence-electron chi connectivity index (χ3n) is 4.31. The number of aryl methyl sites for hydroxylation is 1. The van der Waals surface area contributed by atoms with Crippen molar-refractivity contribution in [2.75, 3.05) is 26.2 Å².